The average molecular weight is 215 g/mol. The molecule has 0 saturated carbocycles. The van der Waals surface area contributed by atoms with Gasteiger partial charge in [0.1, 0.15) is 11.6 Å². The highest BCUT2D eigenvalue weighted by molar-refractivity contribution is 6.06. The van der Waals surface area contributed by atoms with Crippen LogP contribution in [0.1, 0.15) is 34.6 Å². The van der Waals surface area contributed by atoms with Gasteiger partial charge in [0, 0.05) is 0 Å². The molecule has 1 amide bonds. The predicted molar refractivity (Wildman–Crippen MR) is 54.5 cm³/mol. The Bertz CT molecular complexity index is 264. The van der Waals surface area contributed by atoms with Crippen molar-refractivity contribution in [3.05, 3.63) is 0 Å². The topological polar surface area (TPSA) is 72.5 Å². The minimum Gasteiger partial charge on any atom is -0.444 e. The zero-order chi connectivity index (χ0) is 12.2. The molecule has 0 spiro atoms. The lowest BCUT2D eigenvalue weighted by Gasteiger charge is -2.21. The lowest BCUT2D eigenvalue weighted by atomic mass is 10.1. The lowest BCUT2D eigenvalue weighted by Crippen LogP contribution is -2.46. The molecule has 1 N–H and O–H groups in total. The maximum absolute atomic E-state index is 11.2. The maximum atomic E-state index is 11.2. The van der Waals surface area contributed by atoms with Crippen molar-refractivity contribution in [1.82, 2.24) is 5.32 Å². The quantitative estimate of drug-likeness (QED) is 0.714. The third kappa shape index (κ3) is 5.83. The van der Waals surface area contributed by atoms with E-state index in [1.807, 2.05) is 0 Å². The zero-order valence-electron chi connectivity index (χ0n) is 9.71. The van der Waals surface area contributed by atoms with Gasteiger partial charge in [-0.25, -0.2) is 4.79 Å². The second-order valence-corrected chi connectivity index (χ2v) is 4.30. The highest BCUT2D eigenvalue weighted by Crippen LogP contribution is 2.06. The van der Waals surface area contributed by atoms with Gasteiger partial charge in [0.2, 0.25) is 0 Å². The normalized spacial score (nSPS) is 11.1. The molecule has 0 rings (SSSR count). The molecule has 0 aliphatic rings. The fourth-order valence-electron chi connectivity index (χ4n) is 0.915. The smallest absolute Gasteiger partial charge is 0.408 e. The summed E-state index contributed by atoms with van der Waals surface area (Å²) >= 11 is 0. The number of alkyl carbamates (subject to hydrolysis) is 1. The van der Waals surface area contributed by atoms with E-state index in [1.165, 1.54) is 13.8 Å². The van der Waals surface area contributed by atoms with E-state index in [0.717, 1.165) is 0 Å². The lowest BCUT2D eigenvalue weighted by molar-refractivity contribution is -0.127. The molecule has 5 nitrogen and oxygen atoms in total. The van der Waals surface area contributed by atoms with Crippen molar-refractivity contribution >= 4 is 17.7 Å². The van der Waals surface area contributed by atoms with Crippen molar-refractivity contribution in [3.8, 4) is 0 Å². The molecular formula is C10H17NO4. The number of Topliss-reactive ketones (excluding diaryl/α,β-unsaturated/α-hetero) is 2. The summed E-state index contributed by atoms with van der Waals surface area (Å²) in [4.78, 5) is 33.2. The van der Waals surface area contributed by atoms with Gasteiger partial charge in [0.05, 0.1) is 0 Å². The van der Waals surface area contributed by atoms with Crippen molar-refractivity contribution in [2.75, 3.05) is 0 Å². The highest BCUT2D eigenvalue weighted by atomic mass is 16.6. The standard InChI is InChI=1S/C10H17NO4/c1-6(12)8(7(2)13)11-9(14)15-10(3,4)5/h8H,1-5H3,(H,11,14). The van der Waals surface area contributed by atoms with Crippen molar-refractivity contribution in [2.45, 2.75) is 46.3 Å². The van der Waals surface area contributed by atoms with Crippen molar-refractivity contribution < 1.29 is 19.1 Å². The van der Waals surface area contributed by atoms with E-state index in [2.05, 4.69) is 5.32 Å². The van der Waals surface area contributed by atoms with E-state index in [9.17, 15) is 14.4 Å². The van der Waals surface area contributed by atoms with Crippen LogP contribution in [0.3, 0.4) is 0 Å². The molecule has 0 aliphatic heterocycles. The first-order valence-corrected chi connectivity index (χ1v) is 4.64. The van der Waals surface area contributed by atoms with E-state index < -0.39 is 29.3 Å². The number of nitrogens with one attached hydrogen (secondary N) is 1. The van der Waals surface area contributed by atoms with Crippen molar-refractivity contribution in [2.24, 2.45) is 0 Å². The maximum Gasteiger partial charge on any atom is 0.408 e. The minimum atomic E-state index is -1.11. The van der Waals surface area contributed by atoms with Gasteiger partial charge in [0.25, 0.3) is 0 Å². The van der Waals surface area contributed by atoms with Gasteiger partial charge in [-0.3, -0.25) is 9.59 Å². The van der Waals surface area contributed by atoms with Gasteiger partial charge in [-0.05, 0) is 34.6 Å². The van der Waals surface area contributed by atoms with E-state index in [1.54, 1.807) is 20.8 Å². The predicted octanol–water partition coefficient (Wildman–Crippen LogP) is 1.06. The van der Waals surface area contributed by atoms with Crippen LogP contribution in [0.25, 0.3) is 0 Å². The number of carbonyl (C=O) groups excluding carboxylic acids is 3. The Balaban J connectivity index is 4.38. The molecule has 0 fully saturated rings. The number of hydrogen-bond acceptors (Lipinski definition) is 4. The molecule has 0 aromatic rings. The average Bonchev–Trinajstić information content (AvgIpc) is 1.95. The summed E-state index contributed by atoms with van der Waals surface area (Å²) in [5.41, 5.74) is -0.651. The summed E-state index contributed by atoms with van der Waals surface area (Å²) in [6.07, 6.45) is -0.766. The first-order valence-electron chi connectivity index (χ1n) is 4.64. The molecule has 0 bridgehead atoms. The van der Waals surface area contributed by atoms with Crippen molar-refractivity contribution in [1.29, 1.82) is 0 Å². The first-order chi connectivity index (χ1) is 6.63. The SMILES string of the molecule is CC(=O)C(NC(=O)OC(C)(C)C)C(C)=O. The Morgan fingerprint density at radius 3 is 1.73 bits per heavy atom. The van der Waals surface area contributed by atoms with Crippen LogP contribution in [-0.2, 0) is 14.3 Å². The monoisotopic (exact) mass is 215 g/mol. The number of carbonyl (C=O) groups is 3. The summed E-state index contributed by atoms with van der Waals surface area (Å²) in [7, 11) is 0. The fourth-order valence-corrected chi connectivity index (χ4v) is 0.915. The third-order valence-corrected chi connectivity index (χ3v) is 1.47. The minimum absolute atomic E-state index is 0.409. The second kappa shape index (κ2) is 4.91. The van der Waals surface area contributed by atoms with Crippen LogP contribution in [0.4, 0.5) is 4.79 Å². The van der Waals surface area contributed by atoms with Crippen LogP contribution < -0.4 is 5.32 Å². The van der Waals surface area contributed by atoms with E-state index in [0.29, 0.717) is 0 Å². The highest BCUT2D eigenvalue weighted by Gasteiger charge is 2.24. The number of ketones is 2. The van der Waals surface area contributed by atoms with Gasteiger partial charge in [-0.1, -0.05) is 0 Å². The summed E-state index contributed by atoms with van der Waals surface area (Å²) < 4.78 is 4.91. The van der Waals surface area contributed by atoms with E-state index >= 15 is 0 Å². The molecule has 86 valence electrons. The van der Waals surface area contributed by atoms with Crippen LogP contribution in [0.2, 0.25) is 0 Å². The molecule has 0 aromatic heterocycles. The summed E-state index contributed by atoms with van der Waals surface area (Å²) in [6, 6.07) is -1.11. The number of hydrogen-bond donors (Lipinski definition) is 1. The van der Waals surface area contributed by atoms with Gasteiger partial charge in [0.15, 0.2) is 11.6 Å². The van der Waals surface area contributed by atoms with Crippen LogP contribution in [0.5, 0.6) is 0 Å². The molecule has 0 radical (unpaired) electrons. The van der Waals surface area contributed by atoms with E-state index in [-0.39, 0.29) is 0 Å². The summed E-state index contributed by atoms with van der Waals surface area (Å²) in [5.74, 6) is -0.818. The molecule has 15 heavy (non-hydrogen) atoms. The Hall–Kier alpha value is -1.39. The summed E-state index contributed by atoms with van der Waals surface area (Å²) in [5, 5.41) is 2.21. The fraction of sp³-hybridized carbons (Fsp3) is 0.700. The van der Waals surface area contributed by atoms with Crippen molar-refractivity contribution in [3.63, 3.8) is 0 Å². The molecule has 0 saturated heterocycles. The summed E-state index contributed by atoms with van der Waals surface area (Å²) in [6.45, 7) is 7.57. The first kappa shape index (κ1) is 13.6. The Kier molecular flexibility index (Phi) is 4.45. The molecule has 0 unspecified atom stereocenters. The van der Waals surface area contributed by atoms with Gasteiger partial charge < -0.3 is 10.1 Å². The molecular weight excluding hydrogens is 198 g/mol. The second-order valence-electron chi connectivity index (χ2n) is 4.30. The van der Waals surface area contributed by atoms with E-state index in [4.69, 9.17) is 4.74 Å². The number of ether oxygens (including phenoxy) is 1. The van der Waals surface area contributed by atoms with Gasteiger partial charge in [-0.15, -0.1) is 0 Å². The Morgan fingerprint density at radius 2 is 1.47 bits per heavy atom. The van der Waals surface area contributed by atoms with Crippen LogP contribution in [0, 0.1) is 0 Å². The zero-order valence-corrected chi connectivity index (χ0v) is 9.71. The molecule has 0 aromatic carbocycles. The Labute approximate surface area is 89.2 Å². The molecule has 0 atom stereocenters. The van der Waals surface area contributed by atoms with Gasteiger partial charge >= 0.3 is 6.09 Å². The van der Waals surface area contributed by atoms with Crippen LogP contribution >= 0.6 is 0 Å². The van der Waals surface area contributed by atoms with Crippen LogP contribution in [-0.4, -0.2) is 29.3 Å². The van der Waals surface area contributed by atoms with Gasteiger partial charge in [-0.2, -0.15) is 0 Å². The Morgan fingerprint density at radius 1 is 1.07 bits per heavy atom. The largest absolute Gasteiger partial charge is 0.444 e. The molecule has 0 aliphatic carbocycles. The molecule has 5 heteroatoms. The third-order valence-electron chi connectivity index (χ3n) is 1.47. The van der Waals surface area contributed by atoms with Crippen LogP contribution in [0.15, 0.2) is 0 Å². The number of rotatable bonds is 3. The molecule has 0 heterocycles. The number of amides is 1.